The number of hydrogen-bond donors (Lipinski definition) is 3. The van der Waals surface area contributed by atoms with Gasteiger partial charge in [0.15, 0.2) is 11.8 Å². The van der Waals surface area contributed by atoms with Crippen molar-refractivity contribution in [1.29, 1.82) is 5.26 Å². The second-order valence-electron chi connectivity index (χ2n) is 7.48. The van der Waals surface area contributed by atoms with Gasteiger partial charge < -0.3 is 25.1 Å². The van der Waals surface area contributed by atoms with Gasteiger partial charge in [0.1, 0.15) is 17.6 Å². The minimum atomic E-state index is -1.07. The van der Waals surface area contributed by atoms with Crippen LogP contribution in [0.15, 0.2) is 35.6 Å². The van der Waals surface area contributed by atoms with E-state index in [0.29, 0.717) is 37.3 Å². The Bertz CT molecular complexity index is 989. The van der Waals surface area contributed by atoms with E-state index in [2.05, 4.69) is 11.2 Å². The topological polar surface area (TPSA) is 149 Å². The molecule has 0 spiro atoms. The highest BCUT2D eigenvalue weighted by Gasteiger charge is 2.32. The first-order valence-electron chi connectivity index (χ1n) is 10.9. The molecule has 1 saturated heterocycles. The summed E-state index contributed by atoms with van der Waals surface area (Å²) in [7, 11) is 0. The Morgan fingerprint density at radius 3 is 2.56 bits per heavy atom. The molecule has 0 radical (unpaired) electrons. The van der Waals surface area contributed by atoms with Crippen LogP contribution in [0.5, 0.6) is 5.75 Å². The van der Waals surface area contributed by atoms with E-state index in [-0.39, 0.29) is 43.4 Å². The number of allylic oxidation sites excluding steroid dienone is 1. The SMILES string of the molecule is C#CCC/C(O)=C(\C#N)C(=O)Nc1ccc(OCCCCCC(=O)ON2C(=O)CCC2O)cc1. The highest BCUT2D eigenvalue weighted by molar-refractivity contribution is 6.06. The van der Waals surface area contributed by atoms with Crippen LogP contribution in [-0.2, 0) is 19.2 Å². The zero-order valence-electron chi connectivity index (χ0n) is 18.7. The van der Waals surface area contributed by atoms with Crippen LogP contribution in [-0.4, -0.2) is 45.9 Å². The number of terminal acetylenes is 1. The summed E-state index contributed by atoms with van der Waals surface area (Å²) in [5.41, 5.74) is 0.0395. The third-order valence-corrected chi connectivity index (χ3v) is 4.87. The summed E-state index contributed by atoms with van der Waals surface area (Å²) in [6.45, 7) is 0.411. The molecular formula is C24H27N3O7. The Morgan fingerprint density at radius 2 is 1.94 bits per heavy atom. The maximum absolute atomic E-state index is 12.2. The molecule has 10 heteroatoms. The van der Waals surface area contributed by atoms with E-state index >= 15 is 0 Å². The van der Waals surface area contributed by atoms with Crippen LogP contribution in [0.2, 0.25) is 0 Å². The van der Waals surface area contributed by atoms with Gasteiger partial charge in [0, 0.05) is 37.8 Å². The summed E-state index contributed by atoms with van der Waals surface area (Å²) >= 11 is 0. The van der Waals surface area contributed by atoms with Crippen molar-refractivity contribution in [2.45, 2.75) is 57.6 Å². The van der Waals surface area contributed by atoms with Gasteiger partial charge in [-0.25, -0.2) is 4.79 Å². The fourth-order valence-corrected chi connectivity index (χ4v) is 3.04. The largest absolute Gasteiger partial charge is 0.511 e. The fraction of sp³-hybridized carbons (Fsp3) is 0.417. The van der Waals surface area contributed by atoms with E-state index in [1.165, 1.54) is 0 Å². The molecular weight excluding hydrogens is 442 g/mol. The third kappa shape index (κ3) is 8.15. The van der Waals surface area contributed by atoms with E-state index in [1.54, 1.807) is 30.3 Å². The normalized spacial score (nSPS) is 15.7. The first-order valence-corrected chi connectivity index (χ1v) is 10.9. The molecule has 1 aliphatic heterocycles. The molecule has 0 saturated carbocycles. The van der Waals surface area contributed by atoms with Crippen molar-refractivity contribution < 1.29 is 34.2 Å². The van der Waals surface area contributed by atoms with Gasteiger partial charge in [-0.2, -0.15) is 5.26 Å². The summed E-state index contributed by atoms with van der Waals surface area (Å²) in [6.07, 6.45) is 6.79. The van der Waals surface area contributed by atoms with Gasteiger partial charge in [0.05, 0.1) is 6.61 Å². The molecule has 34 heavy (non-hydrogen) atoms. The van der Waals surface area contributed by atoms with Crippen LogP contribution in [0, 0.1) is 23.7 Å². The number of rotatable bonds is 12. The minimum Gasteiger partial charge on any atom is -0.511 e. The van der Waals surface area contributed by atoms with E-state index in [1.807, 2.05) is 0 Å². The number of nitrogens with one attached hydrogen (secondary N) is 1. The number of aliphatic hydroxyl groups is 2. The Hall–Kier alpha value is -4.02. The van der Waals surface area contributed by atoms with E-state index in [0.717, 1.165) is 5.06 Å². The van der Waals surface area contributed by atoms with Gasteiger partial charge >= 0.3 is 5.97 Å². The van der Waals surface area contributed by atoms with Gasteiger partial charge in [0.2, 0.25) is 0 Å². The summed E-state index contributed by atoms with van der Waals surface area (Å²) in [5, 5.41) is 31.8. The summed E-state index contributed by atoms with van der Waals surface area (Å²) in [6, 6.07) is 8.19. The number of anilines is 1. The number of benzene rings is 1. The molecule has 1 aliphatic rings. The van der Waals surface area contributed by atoms with E-state index in [4.69, 9.17) is 21.3 Å². The van der Waals surface area contributed by atoms with Crippen molar-refractivity contribution in [1.82, 2.24) is 5.06 Å². The smallest absolute Gasteiger partial charge is 0.332 e. The summed E-state index contributed by atoms with van der Waals surface area (Å²) in [5.74, 6) is 0.858. The second-order valence-corrected chi connectivity index (χ2v) is 7.48. The average molecular weight is 469 g/mol. The van der Waals surface area contributed by atoms with Gasteiger partial charge in [-0.05, 0) is 43.5 Å². The molecule has 1 aromatic carbocycles. The van der Waals surface area contributed by atoms with Crippen LogP contribution >= 0.6 is 0 Å². The molecule has 3 N–H and O–H groups in total. The van der Waals surface area contributed by atoms with Crippen LogP contribution in [0.1, 0.15) is 51.4 Å². The molecule has 2 amide bonds. The molecule has 0 aromatic heterocycles. The number of amides is 2. The van der Waals surface area contributed by atoms with Crippen LogP contribution in [0.4, 0.5) is 5.69 Å². The zero-order valence-corrected chi connectivity index (χ0v) is 18.7. The first-order chi connectivity index (χ1) is 16.3. The number of carbonyl (C=O) groups excluding carboxylic acids is 3. The number of nitrogens with zero attached hydrogens (tertiary/aromatic N) is 2. The lowest BCUT2D eigenvalue weighted by Gasteiger charge is -2.18. The number of hydrogen-bond acceptors (Lipinski definition) is 8. The number of hydroxylamine groups is 2. The van der Waals surface area contributed by atoms with Crippen LogP contribution < -0.4 is 10.1 Å². The van der Waals surface area contributed by atoms with Gasteiger partial charge in [-0.1, -0.05) is 0 Å². The van der Waals surface area contributed by atoms with Crippen molar-refractivity contribution in [3.8, 4) is 24.2 Å². The second kappa shape index (κ2) is 13.5. The quantitative estimate of drug-likeness (QED) is 0.139. The molecule has 1 aromatic rings. The first kappa shape index (κ1) is 26.2. The minimum absolute atomic E-state index is 0.0437. The van der Waals surface area contributed by atoms with Gasteiger partial charge in [-0.3, -0.25) is 9.59 Å². The monoisotopic (exact) mass is 469 g/mol. The average Bonchev–Trinajstić information content (AvgIpc) is 3.13. The van der Waals surface area contributed by atoms with Crippen molar-refractivity contribution >= 4 is 23.5 Å². The van der Waals surface area contributed by atoms with E-state index in [9.17, 15) is 24.6 Å². The Morgan fingerprint density at radius 1 is 1.21 bits per heavy atom. The third-order valence-electron chi connectivity index (χ3n) is 4.87. The molecule has 1 heterocycles. The van der Waals surface area contributed by atoms with Gasteiger partial charge in [0.25, 0.3) is 11.8 Å². The predicted molar refractivity (Wildman–Crippen MR) is 121 cm³/mol. The Labute approximate surface area is 197 Å². The molecule has 180 valence electrons. The highest BCUT2D eigenvalue weighted by Crippen LogP contribution is 2.19. The Kier molecular flexibility index (Phi) is 10.4. The molecule has 1 fully saturated rings. The molecule has 1 atom stereocenters. The lowest BCUT2D eigenvalue weighted by atomic mass is 10.1. The molecule has 10 nitrogen and oxygen atoms in total. The number of aliphatic hydroxyl groups excluding tert-OH is 2. The highest BCUT2D eigenvalue weighted by atomic mass is 16.7. The Balaban J connectivity index is 1.67. The van der Waals surface area contributed by atoms with Crippen molar-refractivity contribution in [3.63, 3.8) is 0 Å². The van der Waals surface area contributed by atoms with Gasteiger partial charge in [-0.15, -0.1) is 17.4 Å². The van der Waals surface area contributed by atoms with Crippen molar-refractivity contribution in [2.24, 2.45) is 0 Å². The van der Waals surface area contributed by atoms with Crippen molar-refractivity contribution in [2.75, 3.05) is 11.9 Å². The zero-order chi connectivity index (χ0) is 24.9. The lowest BCUT2D eigenvalue weighted by Crippen LogP contribution is -2.35. The number of ether oxygens (including phenoxy) is 1. The van der Waals surface area contributed by atoms with Crippen molar-refractivity contribution in [3.05, 3.63) is 35.6 Å². The molecule has 0 bridgehead atoms. The van der Waals surface area contributed by atoms with Crippen LogP contribution in [0.25, 0.3) is 0 Å². The standard InChI is InChI=1S/C24H27N3O7/c1-2-3-7-20(28)19(16-25)24(32)26-17-9-11-18(12-10-17)33-15-6-4-5-8-23(31)34-27-21(29)13-14-22(27)30/h1,9-12,21,28-29H,3-8,13-15H2,(H,26,32)/b20-19-. The maximum Gasteiger partial charge on any atom is 0.332 e. The van der Waals surface area contributed by atoms with Crippen LogP contribution in [0.3, 0.4) is 0 Å². The maximum atomic E-state index is 12.2. The summed E-state index contributed by atoms with van der Waals surface area (Å²) in [4.78, 5) is 40.3. The molecule has 0 aliphatic carbocycles. The molecule has 2 rings (SSSR count). The lowest BCUT2D eigenvalue weighted by molar-refractivity contribution is -0.220. The fourth-order valence-electron chi connectivity index (χ4n) is 3.04. The number of nitriles is 1. The predicted octanol–water partition coefficient (Wildman–Crippen LogP) is 2.71. The molecule has 1 unspecified atom stereocenters. The number of carbonyl (C=O) groups is 3. The summed E-state index contributed by atoms with van der Waals surface area (Å²) < 4.78 is 5.62. The number of unbranched alkanes of at least 4 members (excludes halogenated alkanes) is 2. The van der Waals surface area contributed by atoms with E-state index < -0.39 is 24.0 Å².